The summed E-state index contributed by atoms with van der Waals surface area (Å²) < 4.78 is 12.9. The Morgan fingerprint density at radius 2 is 1.90 bits per heavy atom. The SMILES string of the molecule is Cc1nc(CSc2ccc(F)cc2)nc(NN)c1C(C)C. The van der Waals surface area contributed by atoms with Crippen molar-refractivity contribution in [1.29, 1.82) is 0 Å². The molecule has 0 aliphatic carbocycles. The van der Waals surface area contributed by atoms with Gasteiger partial charge in [-0.3, -0.25) is 0 Å². The highest BCUT2D eigenvalue weighted by Crippen LogP contribution is 2.27. The van der Waals surface area contributed by atoms with E-state index < -0.39 is 0 Å². The molecule has 6 heteroatoms. The second-order valence-electron chi connectivity index (χ2n) is 5.03. The Hall–Kier alpha value is -1.66. The maximum absolute atomic E-state index is 12.9. The number of hydrogen-bond acceptors (Lipinski definition) is 5. The summed E-state index contributed by atoms with van der Waals surface area (Å²) in [5, 5.41) is 0. The van der Waals surface area contributed by atoms with Gasteiger partial charge < -0.3 is 5.43 Å². The predicted octanol–water partition coefficient (Wildman–Crippen LogP) is 3.63. The van der Waals surface area contributed by atoms with Gasteiger partial charge in [-0.2, -0.15) is 0 Å². The molecule has 0 unspecified atom stereocenters. The second kappa shape index (κ2) is 6.87. The molecular formula is C15H19FN4S. The van der Waals surface area contributed by atoms with Gasteiger partial charge in [-0.15, -0.1) is 11.8 Å². The third kappa shape index (κ3) is 3.92. The normalized spacial score (nSPS) is 11.0. The average molecular weight is 306 g/mol. The minimum atomic E-state index is -0.234. The Kier molecular flexibility index (Phi) is 5.14. The summed E-state index contributed by atoms with van der Waals surface area (Å²) in [7, 11) is 0. The molecular weight excluding hydrogens is 287 g/mol. The lowest BCUT2D eigenvalue weighted by molar-refractivity contribution is 0.626. The second-order valence-corrected chi connectivity index (χ2v) is 6.08. The molecule has 0 fully saturated rings. The number of nitrogens with two attached hydrogens (primary N) is 1. The molecule has 1 heterocycles. The van der Waals surface area contributed by atoms with Crippen molar-refractivity contribution in [3.05, 3.63) is 47.2 Å². The van der Waals surface area contributed by atoms with Gasteiger partial charge in [0.15, 0.2) is 0 Å². The zero-order valence-corrected chi connectivity index (χ0v) is 13.2. The van der Waals surface area contributed by atoms with Crippen LogP contribution in [-0.2, 0) is 5.75 Å². The smallest absolute Gasteiger partial charge is 0.147 e. The third-order valence-corrected chi connectivity index (χ3v) is 4.09. The molecule has 0 aliphatic rings. The number of nitrogens with one attached hydrogen (secondary N) is 1. The summed E-state index contributed by atoms with van der Waals surface area (Å²) >= 11 is 1.56. The molecule has 1 aromatic heterocycles. The van der Waals surface area contributed by atoms with Crippen LogP contribution < -0.4 is 11.3 Å². The first kappa shape index (κ1) is 15.7. The van der Waals surface area contributed by atoms with E-state index in [9.17, 15) is 4.39 Å². The number of anilines is 1. The molecule has 0 amide bonds. The number of halogens is 1. The van der Waals surface area contributed by atoms with Gasteiger partial charge >= 0.3 is 0 Å². The quantitative estimate of drug-likeness (QED) is 0.502. The standard InChI is InChI=1S/C15H19FN4S/c1-9(2)14-10(3)18-13(19-15(14)20-17)8-21-12-6-4-11(16)5-7-12/h4-7,9H,8,17H2,1-3H3,(H,18,19,20). The topological polar surface area (TPSA) is 63.8 Å². The predicted molar refractivity (Wildman–Crippen MR) is 84.6 cm³/mol. The molecule has 0 spiro atoms. The Morgan fingerprint density at radius 1 is 1.24 bits per heavy atom. The van der Waals surface area contributed by atoms with E-state index >= 15 is 0 Å². The summed E-state index contributed by atoms with van der Waals surface area (Å²) in [6.07, 6.45) is 0. The van der Waals surface area contributed by atoms with E-state index in [-0.39, 0.29) is 5.82 Å². The van der Waals surface area contributed by atoms with Gasteiger partial charge in [0.05, 0.1) is 5.75 Å². The van der Waals surface area contributed by atoms with Crippen LogP contribution in [0.4, 0.5) is 10.2 Å². The highest BCUT2D eigenvalue weighted by atomic mass is 32.2. The number of nitrogens with zero attached hydrogens (tertiary/aromatic N) is 2. The number of hydrazine groups is 1. The molecule has 3 N–H and O–H groups in total. The molecule has 1 aromatic carbocycles. The van der Waals surface area contributed by atoms with E-state index in [1.165, 1.54) is 12.1 Å². The van der Waals surface area contributed by atoms with Gasteiger partial charge in [-0.1, -0.05) is 13.8 Å². The summed E-state index contributed by atoms with van der Waals surface area (Å²) in [6, 6.07) is 6.39. The number of hydrogen-bond donors (Lipinski definition) is 2. The van der Waals surface area contributed by atoms with Crippen LogP contribution in [0.5, 0.6) is 0 Å². The molecule has 21 heavy (non-hydrogen) atoms. The molecule has 2 rings (SSSR count). The van der Waals surface area contributed by atoms with Gasteiger partial charge in [0.25, 0.3) is 0 Å². The van der Waals surface area contributed by atoms with Crippen molar-refractivity contribution in [1.82, 2.24) is 9.97 Å². The molecule has 0 aliphatic heterocycles. The Labute approximate surface area is 128 Å². The van der Waals surface area contributed by atoms with Gasteiger partial charge in [0.2, 0.25) is 0 Å². The molecule has 0 bridgehead atoms. The van der Waals surface area contributed by atoms with Crippen molar-refractivity contribution in [3.63, 3.8) is 0 Å². The van der Waals surface area contributed by atoms with Gasteiger partial charge in [-0.25, -0.2) is 20.2 Å². The summed E-state index contributed by atoms with van der Waals surface area (Å²) in [5.74, 6) is 7.62. The van der Waals surface area contributed by atoms with Crippen molar-refractivity contribution < 1.29 is 4.39 Å². The first-order valence-corrected chi connectivity index (χ1v) is 7.72. The highest BCUT2D eigenvalue weighted by Gasteiger charge is 2.14. The first-order valence-electron chi connectivity index (χ1n) is 6.73. The lowest BCUT2D eigenvalue weighted by Gasteiger charge is -2.15. The summed E-state index contributed by atoms with van der Waals surface area (Å²) in [6.45, 7) is 6.13. The number of aromatic nitrogens is 2. The minimum Gasteiger partial charge on any atom is -0.308 e. The number of benzene rings is 1. The van der Waals surface area contributed by atoms with Crippen LogP contribution in [0, 0.1) is 12.7 Å². The van der Waals surface area contributed by atoms with Crippen molar-refractivity contribution in [2.24, 2.45) is 5.84 Å². The van der Waals surface area contributed by atoms with Crippen LogP contribution in [0.15, 0.2) is 29.2 Å². The highest BCUT2D eigenvalue weighted by molar-refractivity contribution is 7.98. The molecule has 0 saturated heterocycles. The fourth-order valence-corrected chi connectivity index (χ4v) is 2.94. The zero-order chi connectivity index (χ0) is 15.4. The fourth-order valence-electron chi connectivity index (χ4n) is 2.18. The maximum atomic E-state index is 12.9. The van der Waals surface area contributed by atoms with Gasteiger partial charge in [0.1, 0.15) is 17.5 Å². The molecule has 0 saturated carbocycles. The van der Waals surface area contributed by atoms with Crippen molar-refractivity contribution in [3.8, 4) is 0 Å². The number of rotatable bonds is 5. The van der Waals surface area contributed by atoms with Crippen LogP contribution in [0.1, 0.15) is 36.8 Å². The maximum Gasteiger partial charge on any atom is 0.147 e. The van der Waals surface area contributed by atoms with Crippen LogP contribution in [-0.4, -0.2) is 9.97 Å². The molecule has 2 aromatic rings. The average Bonchev–Trinajstić information content (AvgIpc) is 2.45. The van der Waals surface area contributed by atoms with Crippen molar-refractivity contribution in [2.45, 2.75) is 37.3 Å². The van der Waals surface area contributed by atoms with Crippen LogP contribution in [0.2, 0.25) is 0 Å². The largest absolute Gasteiger partial charge is 0.308 e. The minimum absolute atomic E-state index is 0.234. The zero-order valence-electron chi connectivity index (χ0n) is 12.4. The van der Waals surface area contributed by atoms with Crippen LogP contribution in [0.3, 0.4) is 0 Å². The monoisotopic (exact) mass is 306 g/mol. The van der Waals surface area contributed by atoms with Crippen LogP contribution in [0.25, 0.3) is 0 Å². The van der Waals surface area contributed by atoms with E-state index in [1.54, 1.807) is 23.9 Å². The Bertz CT molecular complexity index is 614. The Morgan fingerprint density at radius 3 is 2.48 bits per heavy atom. The molecule has 0 atom stereocenters. The van der Waals surface area contributed by atoms with E-state index in [4.69, 9.17) is 5.84 Å². The van der Waals surface area contributed by atoms with Gasteiger partial charge in [0, 0.05) is 16.2 Å². The number of aryl methyl sites for hydroxylation is 1. The summed E-state index contributed by atoms with van der Waals surface area (Å²) in [4.78, 5) is 9.98. The summed E-state index contributed by atoms with van der Waals surface area (Å²) in [5.41, 5.74) is 4.62. The van der Waals surface area contributed by atoms with Crippen molar-refractivity contribution in [2.75, 3.05) is 5.43 Å². The lowest BCUT2D eigenvalue weighted by Crippen LogP contribution is -2.15. The van der Waals surface area contributed by atoms with Crippen molar-refractivity contribution >= 4 is 17.6 Å². The number of thioether (sulfide) groups is 1. The lowest BCUT2D eigenvalue weighted by atomic mass is 10.0. The molecule has 4 nitrogen and oxygen atoms in total. The number of nitrogen functional groups attached to an aromatic ring is 1. The van der Waals surface area contributed by atoms with E-state index in [2.05, 4.69) is 29.2 Å². The molecule has 0 radical (unpaired) electrons. The molecule has 112 valence electrons. The first-order chi connectivity index (χ1) is 10.0. The third-order valence-electron chi connectivity index (χ3n) is 3.08. The van der Waals surface area contributed by atoms with E-state index in [0.717, 1.165) is 16.2 Å². The van der Waals surface area contributed by atoms with Gasteiger partial charge in [-0.05, 0) is 37.1 Å². The van der Waals surface area contributed by atoms with E-state index in [1.807, 2.05) is 6.92 Å². The Balaban J connectivity index is 2.17. The fraction of sp³-hybridized carbons (Fsp3) is 0.333. The van der Waals surface area contributed by atoms with Crippen LogP contribution >= 0.6 is 11.8 Å². The van der Waals surface area contributed by atoms with E-state index in [0.29, 0.717) is 23.3 Å².